The third-order valence-corrected chi connectivity index (χ3v) is 10.5. The second kappa shape index (κ2) is 16.0. The molecule has 2 aromatic rings. The topological polar surface area (TPSA) is 136 Å². The molecule has 0 fully saturated rings. The molecule has 1 aromatic carbocycles. The molecule has 0 bridgehead atoms. The Balaban J connectivity index is 1.82. The van der Waals surface area contributed by atoms with Gasteiger partial charge in [-0.1, -0.05) is 32.1 Å². The summed E-state index contributed by atoms with van der Waals surface area (Å²) in [5.74, 6) is -0.967. The number of allylic oxidation sites excluding steroid dienone is 1. The number of nitrogens with one attached hydrogen (secondary N) is 3. The summed E-state index contributed by atoms with van der Waals surface area (Å²) in [5, 5.41) is 7.01. The molecule has 0 saturated heterocycles. The first-order valence-electron chi connectivity index (χ1n) is 15.8. The number of benzene rings is 1. The Morgan fingerprint density at radius 1 is 1.16 bits per heavy atom. The number of amides is 1. The summed E-state index contributed by atoms with van der Waals surface area (Å²) in [7, 11) is -3.96. The third kappa shape index (κ3) is 11.1. The van der Waals surface area contributed by atoms with Crippen molar-refractivity contribution in [1.82, 2.24) is 20.3 Å². The molecule has 4 atom stereocenters. The van der Waals surface area contributed by atoms with Crippen LogP contribution in [0, 0.1) is 0 Å². The molecule has 1 aliphatic rings. The van der Waals surface area contributed by atoms with E-state index in [1.165, 1.54) is 11.3 Å². The standard InChI is InChI=1S/C33H50N4O6S2/c1-9-25(36-32(39)43-21(2)3)15-13-22(4)30-35-19-28(44-30)27-16-14-24(18-29(27)45(40,41)37-33(6,7)8)23(5)31(38)42-20-26-12-10-11-17-34-26/h11,14,16-19,21-23,25-26,34,37H,9-10,12-13,15,20H2,1-8H3,(H,36,39)/t22?,23-,25?,26-/m0/s1. The summed E-state index contributed by atoms with van der Waals surface area (Å²) in [6.07, 6.45) is 9.15. The van der Waals surface area contributed by atoms with Crippen LogP contribution in [0.15, 0.2) is 41.6 Å². The van der Waals surface area contributed by atoms with Crippen LogP contribution in [0.5, 0.6) is 0 Å². The van der Waals surface area contributed by atoms with Crippen molar-refractivity contribution in [2.45, 2.75) is 128 Å². The number of alkyl carbamates (subject to hydrolysis) is 1. The van der Waals surface area contributed by atoms with Crippen molar-refractivity contribution >= 4 is 33.4 Å². The Labute approximate surface area is 272 Å². The number of hydrogen-bond acceptors (Lipinski definition) is 9. The fourth-order valence-corrected chi connectivity index (χ4v) is 7.73. The second-order valence-corrected chi connectivity index (χ2v) is 15.8. The highest BCUT2D eigenvalue weighted by molar-refractivity contribution is 7.89. The predicted molar refractivity (Wildman–Crippen MR) is 179 cm³/mol. The third-order valence-electron chi connectivity index (χ3n) is 7.46. The maximum Gasteiger partial charge on any atom is 0.407 e. The molecule has 1 aromatic heterocycles. The molecular formula is C33H50N4O6S2. The Morgan fingerprint density at radius 2 is 1.89 bits per heavy atom. The van der Waals surface area contributed by atoms with Gasteiger partial charge in [-0.25, -0.2) is 22.9 Å². The molecule has 1 amide bonds. The molecule has 0 spiro atoms. The van der Waals surface area contributed by atoms with Crippen molar-refractivity contribution in [3.8, 4) is 10.4 Å². The summed E-state index contributed by atoms with van der Waals surface area (Å²) in [6.45, 7) is 15.1. The zero-order chi connectivity index (χ0) is 33.4. The van der Waals surface area contributed by atoms with E-state index >= 15 is 0 Å². The SMILES string of the molecule is CCC(CCC(C)c1ncc(-c2ccc([C@H](C)C(=O)OC[C@@H]3CCC=CN3)cc2S(=O)(=O)NC(C)(C)C)s1)NC(=O)OC(C)C. The van der Waals surface area contributed by atoms with E-state index in [0.29, 0.717) is 11.1 Å². The van der Waals surface area contributed by atoms with Gasteiger partial charge < -0.3 is 20.1 Å². The number of sulfonamides is 1. The van der Waals surface area contributed by atoms with Gasteiger partial charge in [-0.2, -0.15) is 0 Å². The highest BCUT2D eigenvalue weighted by Gasteiger charge is 2.29. The molecule has 0 saturated carbocycles. The number of carbonyl (C=O) groups excluding carboxylic acids is 2. The molecule has 3 rings (SSSR count). The van der Waals surface area contributed by atoms with E-state index in [2.05, 4.69) is 27.3 Å². The number of nitrogens with zero attached hydrogens (tertiary/aromatic N) is 1. The van der Waals surface area contributed by atoms with Gasteiger partial charge in [-0.05, 0) is 91.5 Å². The first kappa shape index (κ1) is 36.5. The molecule has 45 heavy (non-hydrogen) atoms. The van der Waals surface area contributed by atoms with Gasteiger partial charge in [-0.3, -0.25) is 4.79 Å². The molecule has 12 heteroatoms. The van der Waals surface area contributed by atoms with Crippen molar-refractivity contribution in [2.24, 2.45) is 0 Å². The van der Waals surface area contributed by atoms with Gasteiger partial charge in [0.1, 0.15) is 6.61 Å². The van der Waals surface area contributed by atoms with Crippen LogP contribution in [0.1, 0.15) is 110 Å². The monoisotopic (exact) mass is 662 g/mol. The summed E-state index contributed by atoms with van der Waals surface area (Å²) in [6, 6.07) is 5.16. The van der Waals surface area contributed by atoms with Crippen molar-refractivity contribution < 1.29 is 27.5 Å². The van der Waals surface area contributed by atoms with Crippen LogP contribution in [0.25, 0.3) is 10.4 Å². The van der Waals surface area contributed by atoms with Crippen LogP contribution in [-0.2, 0) is 24.3 Å². The lowest BCUT2D eigenvalue weighted by Gasteiger charge is -2.23. The van der Waals surface area contributed by atoms with Gasteiger partial charge in [0.25, 0.3) is 0 Å². The molecule has 3 N–H and O–H groups in total. The van der Waals surface area contributed by atoms with Gasteiger partial charge in [0.05, 0.1) is 32.8 Å². The van der Waals surface area contributed by atoms with Crippen molar-refractivity contribution in [1.29, 1.82) is 0 Å². The van der Waals surface area contributed by atoms with Gasteiger partial charge >= 0.3 is 12.1 Å². The quantitative estimate of drug-likeness (QED) is 0.193. The average molecular weight is 663 g/mol. The smallest absolute Gasteiger partial charge is 0.407 e. The number of ether oxygens (including phenoxy) is 2. The molecular weight excluding hydrogens is 613 g/mol. The van der Waals surface area contributed by atoms with E-state index in [9.17, 15) is 18.0 Å². The lowest BCUT2D eigenvalue weighted by molar-refractivity contribution is -0.145. The minimum absolute atomic E-state index is 0.0182. The van der Waals surface area contributed by atoms with Crippen molar-refractivity contribution in [3.05, 3.63) is 47.2 Å². The van der Waals surface area contributed by atoms with E-state index < -0.39 is 33.5 Å². The normalized spacial score (nSPS) is 17.3. The zero-order valence-electron chi connectivity index (χ0n) is 27.8. The zero-order valence-corrected chi connectivity index (χ0v) is 29.4. The number of esters is 1. The fourth-order valence-electron chi connectivity index (χ4n) is 4.94. The van der Waals surface area contributed by atoms with Crippen molar-refractivity contribution in [2.75, 3.05) is 6.61 Å². The minimum atomic E-state index is -3.96. The van der Waals surface area contributed by atoms with Gasteiger partial charge in [0.15, 0.2) is 0 Å². The number of hydrogen-bond donors (Lipinski definition) is 3. The molecule has 10 nitrogen and oxygen atoms in total. The van der Waals surface area contributed by atoms with Crippen LogP contribution in [0.2, 0.25) is 0 Å². The van der Waals surface area contributed by atoms with Crippen LogP contribution in [0.4, 0.5) is 4.79 Å². The van der Waals surface area contributed by atoms with Crippen LogP contribution in [-0.4, -0.2) is 55.8 Å². The maximum atomic E-state index is 13.7. The van der Waals surface area contributed by atoms with Crippen LogP contribution in [0.3, 0.4) is 0 Å². The van der Waals surface area contributed by atoms with E-state index in [1.807, 2.05) is 33.0 Å². The maximum absolute atomic E-state index is 13.7. The first-order chi connectivity index (χ1) is 21.1. The number of thiazole rings is 1. The summed E-state index contributed by atoms with van der Waals surface area (Å²) >= 11 is 1.45. The molecule has 1 aliphatic heterocycles. The first-order valence-corrected chi connectivity index (χ1v) is 18.1. The van der Waals surface area contributed by atoms with Crippen LogP contribution < -0.4 is 15.4 Å². The number of carbonyl (C=O) groups is 2. The van der Waals surface area contributed by atoms with Gasteiger partial charge in [0.2, 0.25) is 10.0 Å². The highest BCUT2D eigenvalue weighted by atomic mass is 32.2. The minimum Gasteiger partial charge on any atom is -0.463 e. The van der Waals surface area contributed by atoms with E-state index in [1.54, 1.807) is 52.1 Å². The number of aromatic nitrogens is 1. The van der Waals surface area contributed by atoms with E-state index in [4.69, 9.17) is 9.47 Å². The van der Waals surface area contributed by atoms with Crippen LogP contribution >= 0.6 is 11.3 Å². The van der Waals surface area contributed by atoms with Gasteiger partial charge in [-0.15, -0.1) is 11.3 Å². The average Bonchev–Trinajstić information content (AvgIpc) is 3.46. The Morgan fingerprint density at radius 3 is 2.51 bits per heavy atom. The molecule has 250 valence electrons. The molecule has 0 radical (unpaired) electrons. The van der Waals surface area contributed by atoms with E-state index in [0.717, 1.165) is 42.0 Å². The Bertz CT molecular complexity index is 1430. The highest BCUT2D eigenvalue weighted by Crippen LogP contribution is 2.37. The molecule has 0 aliphatic carbocycles. The lowest BCUT2D eigenvalue weighted by Crippen LogP contribution is -2.40. The Kier molecular flexibility index (Phi) is 13.0. The molecule has 2 unspecified atom stereocenters. The summed E-state index contributed by atoms with van der Waals surface area (Å²) in [4.78, 5) is 30.5. The molecule has 2 heterocycles. The summed E-state index contributed by atoms with van der Waals surface area (Å²) < 4.78 is 41.0. The Hall–Kier alpha value is -2.96. The second-order valence-electron chi connectivity index (χ2n) is 13.1. The summed E-state index contributed by atoms with van der Waals surface area (Å²) in [5.41, 5.74) is 0.369. The number of rotatable bonds is 14. The van der Waals surface area contributed by atoms with Gasteiger partial charge in [0, 0.05) is 29.3 Å². The predicted octanol–water partition coefficient (Wildman–Crippen LogP) is 6.60. The lowest BCUT2D eigenvalue weighted by atomic mass is 9.99. The van der Waals surface area contributed by atoms with Crippen molar-refractivity contribution in [3.63, 3.8) is 0 Å². The van der Waals surface area contributed by atoms with E-state index in [-0.39, 0.29) is 35.6 Å². The largest absolute Gasteiger partial charge is 0.463 e. The fraction of sp³-hybridized carbons (Fsp3) is 0.606.